The molecule has 0 saturated carbocycles. The molecule has 6 nitrogen and oxygen atoms in total. The average molecular weight is 1370 g/mol. The first-order valence-electron chi connectivity index (χ1n) is 45.5. The van der Waals surface area contributed by atoms with Gasteiger partial charge in [-0.1, -0.05) is 260 Å². The summed E-state index contributed by atoms with van der Waals surface area (Å²) in [5.74, 6) is 0. The van der Waals surface area contributed by atoms with E-state index in [0.29, 0.717) is 50.1 Å². The lowest BCUT2D eigenvalue weighted by atomic mass is 9.33. The van der Waals surface area contributed by atoms with E-state index < -0.39 is 134 Å². The molecule has 0 amide bonds. The lowest BCUT2D eigenvalue weighted by molar-refractivity contribution is 0.590. The van der Waals surface area contributed by atoms with Gasteiger partial charge in [-0.25, -0.2) is 0 Å². The van der Waals surface area contributed by atoms with E-state index in [1.54, 1.807) is 36.4 Å². The summed E-state index contributed by atoms with van der Waals surface area (Å²) in [6, 6.07) is 53.5. The molecular formula is C98H72BN5O. The summed E-state index contributed by atoms with van der Waals surface area (Å²) >= 11 is 0. The Labute approximate surface area is 639 Å². The van der Waals surface area contributed by atoms with Crippen molar-refractivity contribution in [2.45, 2.75) is 52.4 Å². The molecule has 0 aliphatic carbocycles. The molecule has 0 fully saturated rings. The zero-order valence-corrected chi connectivity index (χ0v) is 57.8. The van der Waals surface area contributed by atoms with Gasteiger partial charge >= 0.3 is 0 Å². The second-order valence-electron chi connectivity index (χ2n) is 29.3. The van der Waals surface area contributed by atoms with Gasteiger partial charge in [-0.3, -0.25) is 0 Å². The zero-order valence-electron chi connectivity index (χ0n) is 78.8. The number of anilines is 6. The Morgan fingerprint density at radius 1 is 0.276 bits per heavy atom. The van der Waals surface area contributed by atoms with Crippen molar-refractivity contribution in [2.75, 3.05) is 9.80 Å². The maximum absolute atomic E-state index is 10.1. The first-order valence-corrected chi connectivity index (χ1v) is 35.0. The highest BCUT2D eigenvalue weighted by Gasteiger charge is 2.45. The van der Waals surface area contributed by atoms with Crippen molar-refractivity contribution >= 4 is 145 Å². The molecule has 0 radical (unpaired) electrons. The number of nitrogens with zero attached hydrogens (tertiary/aromatic N) is 5. The predicted molar refractivity (Wildman–Crippen MR) is 444 cm³/mol. The fourth-order valence-corrected chi connectivity index (χ4v) is 16.4. The molecule has 19 aromatic rings. The molecule has 7 heteroatoms. The Hall–Kier alpha value is -12.8. The van der Waals surface area contributed by atoms with Crippen LogP contribution in [0.4, 0.5) is 34.1 Å². The summed E-state index contributed by atoms with van der Waals surface area (Å²) in [4.78, 5) is 4.11. The van der Waals surface area contributed by atoms with Gasteiger partial charge in [-0.2, -0.15) is 0 Å². The van der Waals surface area contributed by atoms with Crippen LogP contribution in [0.25, 0.3) is 138 Å². The van der Waals surface area contributed by atoms with Crippen molar-refractivity contribution in [1.29, 1.82) is 0 Å². The van der Waals surface area contributed by atoms with Crippen molar-refractivity contribution < 1.29 is 33.2 Å². The fraction of sp³-hybridized carbons (Fsp3) is 0.0816. The van der Waals surface area contributed by atoms with Crippen LogP contribution in [0.3, 0.4) is 0 Å². The Balaban J connectivity index is 0.954. The van der Waals surface area contributed by atoms with Crippen molar-refractivity contribution in [2.24, 2.45) is 0 Å². The van der Waals surface area contributed by atoms with Gasteiger partial charge in [0.25, 0.3) is 6.71 Å². The fourth-order valence-electron chi connectivity index (χ4n) is 16.4. The van der Waals surface area contributed by atoms with Crippen LogP contribution in [0, 0.1) is 0 Å². The van der Waals surface area contributed by atoms with Crippen LogP contribution in [-0.2, 0) is 10.8 Å². The first-order chi connectivity index (χ1) is 60.1. The number of benzene rings is 15. The van der Waals surface area contributed by atoms with Crippen LogP contribution in [0.1, 0.15) is 81.5 Å². The number of rotatable bonds is 8. The molecule has 0 N–H and O–H groups in total. The molecule has 2 aliphatic heterocycles. The van der Waals surface area contributed by atoms with Crippen LogP contribution < -0.4 is 26.2 Å². The van der Waals surface area contributed by atoms with Crippen molar-refractivity contribution in [1.82, 2.24) is 13.7 Å². The molecule has 2 aliphatic rings. The first kappa shape index (κ1) is 43.2. The number of furan rings is 1. The lowest BCUT2D eigenvalue weighted by Crippen LogP contribution is -2.61. The summed E-state index contributed by atoms with van der Waals surface area (Å²) in [6.45, 7) is 12.3. The molecule has 0 spiro atoms. The monoisotopic (exact) mass is 1370 g/mol. The van der Waals surface area contributed by atoms with Crippen molar-refractivity contribution in [3.63, 3.8) is 0 Å². The van der Waals surface area contributed by atoms with Gasteiger partial charge in [0.1, 0.15) is 0 Å². The minimum atomic E-state index is -0.860. The summed E-state index contributed by atoms with van der Waals surface area (Å²) in [7, 11) is 0. The minimum Gasteiger partial charge on any atom is -0.452 e. The van der Waals surface area contributed by atoms with Crippen LogP contribution in [-0.4, -0.2) is 20.4 Å². The van der Waals surface area contributed by atoms with E-state index in [4.69, 9.17) is 14.0 Å². The second kappa shape index (κ2) is 22.8. The number of para-hydroxylation sites is 6. The highest BCUT2D eigenvalue weighted by Crippen LogP contribution is 2.52. The Bertz CT molecular complexity index is 7850. The van der Waals surface area contributed by atoms with Gasteiger partial charge in [-0.05, 0) is 181 Å². The molecule has 0 saturated heterocycles. The van der Waals surface area contributed by atoms with E-state index in [9.17, 15) is 19.2 Å². The number of hydrogen-bond acceptors (Lipinski definition) is 3. The van der Waals surface area contributed by atoms with Crippen molar-refractivity contribution in [3.05, 3.63) is 338 Å². The number of aromatic nitrogens is 3. The van der Waals surface area contributed by atoms with Gasteiger partial charge in [0.2, 0.25) is 0 Å². The minimum absolute atomic E-state index is 0.0989. The van der Waals surface area contributed by atoms with E-state index in [2.05, 4.69) is 124 Å². The molecule has 0 atom stereocenters. The molecule has 0 bridgehead atoms. The summed E-state index contributed by atoms with van der Waals surface area (Å²) in [6.07, 6.45) is 0. The summed E-state index contributed by atoms with van der Waals surface area (Å²) < 4.78 is 211. The largest absolute Gasteiger partial charge is 0.452 e. The van der Waals surface area contributed by atoms with E-state index in [0.717, 1.165) is 66.3 Å². The van der Waals surface area contributed by atoms with Gasteiger partial charge < -0.3 is 27.9 Å². The highest BCUT2D eigenvalue weighted by atomic mass is 16.3. The van der Waals surface area contributed by atoms with Crippen LogP contribution in [0.2, 0.25) is 0 Å². The van der Waals surface area contributed by atoms with Crippen LogP contribution >= 0.6 is 0 Å². The third kappa shape index (κ3) is 9.30. The Morgan fingerprint density at radius 3 is 1.28 bits per heavy atom. The average Bonchev–Trinajstić information content (AvgIpc) is 1.12. The van der Waals surface area contributed by atoms with Gasteiger partial charge in [0.05, 0.1) is 78.9 Å². The van der Waals surface area contributed by atoms with E-state index in [1.807, 2.05) is 95.9 Å². The van der Waals surface area contributed by atoms with Gasteiger partial charge in [0, 0.05) is 77.2 Å². The highest BCUT2D eigenvalue weighted by molar-refractivity contribution is 7.00. The number of fused-ring (bicyclic) bond motifs is 16. The molecule has 0 unspecified atom stereocenters. The van der Waals surface area contributed by atoms with Gasteiger partial charge in [0.15, 0.2) is 11.2 Å². The van der Waals surface area contributed by atoms with E-state index >= 15 is 0 Å². The summed E-state index contributed by atoms with van der Waals surface area (Å²) in [5, 5.41) is 2.29. The van der Waals surface area contributed by atoms with E-state index in [-0.39, 0.29) is 93.8 Å². The van der Waals surface area contributed by atoms with Crippen molar-refractivity contribution in [3.8, 4) is 50.4 Å². The van der Waals surface area contributed by atoms with E-state index in [1.165, 1.54) is 9.13 Å². The smallest absolute Gasteiger partial charge is 0.252 e. The predicted octanol–water partition coefficient (Wildman–Crippen LogP) is 24.6. The standard InChI is InChI=1S/C98H72BN5O/c1-97(2,3)67-45-50-86-78(56-67)79-57-68(98(4,5)6)46-51-87(79)100(86)69-47-49-81-91(58-69)102(70-53-65(62-28-12-8-13-29-62)52-66(54-70)63-30-14-9-15-31-63)92-59-71(101-82-38-20-16-32-72(82)73-33-17-21-39-83(73)101)60-93-94(92)99(81)80-48-44-64(61-26-10-7-11-27-61)55-90(80)104(93)89-43-25-37-77-76-36-24-42-88(95(76)105-96(77)89)103-84-40-22-18-34-74(84)75-35-19-23-41-85(75)103/h7-60H,1-6H3/i7D,10D,11D,16D,17D,18D,19D,20D,21D,22D,23D,26D,27D,32D,33D,34D,35D,38D,39D,40D,41D. The lowest BCUT2D eigenvalue weighted by Gasteiger charge is -2.44. The molecule has 6 heterocycles. The molecule has 15 aromatic carbocycles. The normalized spacial score (nSPS) is 15.8. The number of hydrogen-bond donors (Lipinski definition) is 0. The van der Waals surface area contributed by atoms with Crippen LogP contribution in [0.5, 0.6) is 0 Å². The zero-order chi connectivity index (χ0) is 88.4. The quantitative estimate of drug-likeness (QED) is 0.142. The maximum atomic E-state index is 10.1. The van der Waals surface area contributed by atoms with Crippen LogP contribution in [0.15, 0.2) is 331 Å². The molecule has 21 rings (SSSR count). The molecule has 105 heavy (non-hydrogen) atoms. The second-order valence-corrected chi connectivity index (χ2v) is 29.3. The maximum Gasteiger partial charge on any atom is 0.252 e. The Kier molecular flexibility index (Phi) is 9.39. The SMILES string of the molecule is [2H]c1c([2H])c([2H])c(-c2ccc3c(c2)N(c2cccc4c2oc2c(-n5c6c([2H])c([2H])c([2H])c([2H])c6c6c([2H])c([2H])c([2H])c([2H])c65)cccc24)c2cc(-n4c5c([2H])c([2H])c([2H])c([2H])c5c5c([2H])c([2H])c([2H])c([2H])c54)cc4c2B3c2ccc(-n3c5ccc(C(C)(C)C)cc5c5cc(C(C)(C)C)ccc53)cc2N4c2cc(-c3ccccc3)cc(-c3ccccc3)c2)c([2H])c1[2H]. The molecular weight excluding hydrogens is 1270 g/mol. The van der Waals surface area contributed by atoms with Gasteiger partial charge in [-0.15, -0.1) is 0 Å². The molecule has 4 aromatic heterocycles. The third-order valence-corrected chi connectivity index (χ3v) is 21.3. The summed E-state index contributed by atoms with van der Waals surface area (Å²) in [5.41, 5.74) is 12.4. The topological polar surface area (TPSA) is 34.4 Å². The third-order valence-electron chi connectivity index (χ3n) is 21.3. The molecule has 498 valence electrons. The Morgan fingerprint density at radius 2 is 0.733 bits per heavy atom.